The van der Waals surface area contributed by atoms with Crippen molar-refractivity contribution in [2.45, 2.75) is 52.0 Å². The van der Waals surface area contributed by atoms with Gasteiger partial charge in [-0.2, -0.15) is 9.61 Å². The number of nitrogens with two attached hydrogens (primary N) is 1. The molecule has 0 saturated carbocycles. The molecule has 0 amide bonds. The summed E-state index contributed by atoms with van der Waals surface area (Å²) >= 11 is 0. The van der Waals surface area contributed by atoms with E-state index in [4.69, 9.17) is 10.7 Å². The number of unbranched alkanes of at least 4 members (excludes halogenated alkanes) is 3. The van der Waals surface area contributed by atoms with E-state index in [1.165, 1.54) is 6.07 Å². The van der Waals surface area contributed by atoms with Gasteiger partial charge in [0.05, 0.1) is 6.20 Å². The molecular formula is C22H31FN6. The lowest BCUT2D eigenvalue weighted by atomic mass is 10.1. The predicted molar refractivity (Wildman–Crippen MR) is 117 cm³/mol. The Morgan fingerprint density at radius 3 is 2.66 bits per heavy atom. The van der Waals surface area contributed by atoms with E-state index in [0.29, 0.717) is 18.0 Å². The van der Waals surface area contributed by atoms with Crippen LogP contribution in [0.4, 0.5) is 16.0 Å². The van der Waals surface area contributed by atoms with Crippen molar-refractivity contribution in [1.29, 1.82) is 0 Å². The summed E-state index contributed by atoms with van der Waals surface area (Å²) in [6, 6.07) is 8.72. The molecule has 4 N–H and O–H groups in total. The molecule has 0 saturated heterocycles. The molecule has 0 unspecified atom stereocenters. The number of halogens is 1. The van der Waals surface area contributed by atoms with Crippen LogP contribution in [0.15, 0.2) is 36.5 Å². The quantitative estimate of drug-likeness (QED) is 0.413. The van der Waals surface area contributed by atoms with Gasteiger partial charge in [0.1, 0.15) is 17.5 Å². The number of rotatable bonds is 11. The molecule has 29 heavy (non-hydrogen) atoms. The molecule has 0 atom stereocenters. The molecule has 0 bridgehead atoms. The normalized spacial score (nSPS) is 11.3. The fraction of sp³-hybridized carbons (Fsp3) is 0.455. The first kappa shape index (κ1) is 21.0. The Kier molecular flexibility index (Phi) is 7.41. The van der Waals surface area contributed by atoms with E-state index < -0.39 is 0 Å². The van der Waals surface area contributed by atoms with E-state index in [0.717, 1.165) is 61.6 Å². The van der Waals surface area contributed by atoms with Gasteiger partial charge in [-0.15, -0.1) is 0 Å². The second kappa shape index (κ2) is 10.2. The van der Waals surface area contributed by atoms with Crippen LogP contribution in [0.5, 0.6) is 0 Å². The van der Waals surface area contributed by atoms with Crippen LogP contribution in [-0.2, 0) is 6.54 Å². The van der Waals surface area contributed by atoms with Crippen molar-refractivity contribution in [3.8, 4) is 0 Å². The number of fused-ring (bicyclic) bond motifs is 1. The van der Waals surface area contributed by atoms with E-state index in [1.54, 1.807) is 16.6 Å². The molecule has 0 aliphatic carbocycles. The van der Waals surface area contributed by atoms with Gasteiger partial charge in [-0.1, -0.05) is 44.9 Å². The van der Waals surface area contributed by atoms with Gasteiger partial charge in [0.25, 0.3) is 0 Å². The van der Waals surface area contributed by atoms with E-state index in [9.17, 15) is 4.39 Å². The molecule has 3 rings (SSSR count). The van der Waals surface area contributed by atoms with E-state index in [2.05, 4.69) is 29.6 Å². The molecule has 0 aliphatic rings. The largest absolute Gasteiger partial charge is 0.370 e. The molecule has 6 nitrogen and oxygen atoms in total. The third-order valence-corrected chi connectivity index (χ3v) is 4.98. The highest BCUT2D eigenvalue weighted by Crippen LogP contribution is 2.24. The van der Waals surface area contributed by atoms with Gasteiger partial charge in [0.15, 0.2) is 5.65 Å². The van der Waals surface area contributed by atoms with Crippen molar-refractivity contribution in [2.24, 2.45) is 5.73 Å². The number of nitrogens with one attached hydrogen (secondary N) is 2. The fourth-order valence-electron chi connectivity index (χ4n) is 3.27. The maximum atomic E-state index is 14.0. The highest BCUT2D eigenvalue weighted by molar-refractivity contribution is 5.61. The number of anilines is 2. The molecule has 0 aliphatic heterocycles. The molecule has 0 radical (unpaired) electrons. The molecule has 0 fully saturated rings. The maximum absolute atomic E-state index is 14.0. The summed E-state index contributed by atoms with van der Waals surface area (Å²) in [4.78, 5) is 4.78. The summed E-state index contributed by atoms with van der Waals surface area (Å²) in [5.74, 6) is 1.68. The van der Waals surface area contributed by atoms with E-state index in [1.807, 2.05) is 18.3 Å². The van der Waals surface area contributed by atoms with Crippen molar-refractivity contribution in [2.75, 3.05) is 23.7 Å². The van der Waals surface area contributed by atoms with Crippen molar-refractivity contribution in [3.05, 3.63) is 53.5 Å². The van der Waals surface area contributed by atoms with Gasteiger partial charge in [0, 0.05) is 30.3 Å². The molecule has 7 heteroatoms. The maximum Gasteiger partial charge on any atom is 0.163 e. The minimum absolute atomic E-state index is 0.218. The number of hydrogen-bond donors (Lipinski definition) is 3. The van der Waals surface area contributed by atoms with Crippen molar-refractivity contribution in [3.63, 3.8) is 0 Å². The van der Waals surface area contributed by atoms with Crippen LogP contribution in [0, 0.1) is 5.82 Å². The first-order valence-corrected chi connectivity index (χ1v) is 10.4. The van der Waals surface area contributed by atoms with E-state index >= 15 is 0 Å². The van der Waals surface area contributed by atoms with Gasteiger partial charge in [-0.25, -0.2) is 9.37 Å². The number of benzene rings is 1. The van der Waals surface area contributed by atoms with Crippen LogP contribution in [0.3, 0.4) is 0 Å². The van der Waals surface area contributed by atoms with Gasteiger partial charge in [0.2, 0.25) is 0 Å². The van der Waals surface area contributed by atoms with Crippen molar-refractivity contribution in [1.82, 2.24) is 14.6 Å². The first-order chi connectivity index (χ1) is 14.1. The summed E-state index contributed by atoms with van der Waals surface area (Å²) in [6.45, 7) is 6.24. The molecule has 2 aromatic heterocycles. The average molecular weight is 399 g/mol. The fourth-order valence-corrected chi connectivity index (χ4v) is 3.27. The summed E-state index contributed by atoms with van der Waals surface area (Å²) in [5.41, 5.74) is 8.07. The summed E-state index contributed by atoms with van der Waals surface area (Å²) in [7, 11) is 0. The van der Waals surface area contributed by atoms with Gasteiger partial charge in [-0.05, 0) is 31.4 Å². The molecule has 1 aromatic carbocycles. The summed E-state index contributed by atoms with van der Waals surface area (Å²) in [5, 5.41) is 11.2. The SMILES string of the molecule is CC(C)c1cnn2c(NCc3ccccc3F)cc(NCCCCCCN)nc12. The number of hydrogen-bond acceptors (Lipinski definition) is 5. The number of nitrogens with zero attached hydrogens (tertiary/aromatic N) is 3. The standard InChI is InChI=1S/C22H31FN6/c1-16(2)18-15-27-29-21(26-14-17-9-5-6-10-19(17)23)13-20(28-22(18)29)25-12-8-4-3-7-11-24/h5-6,9-10,13,15-16,26H,3-4,7-8,11-12,14,24H2,1-2H3,(H,25,28). The number of aromatic nitrogens is 3. The Morgan fingerprint density at radius 1 is 1.10 bits per heavy atom. The Bertz CT molecular complexity index is 921. The predicted octanol–water partition coefficient (Wildman–Crippen LogP) is 4.53. The monoisotopic (exact) mass is 398 g/mol. The van der Waals surface area contributed by atoms with Gasteiger partial charge < -0.3 is 16.4 Å². The molecular weight excluding hydrogens is 367 g/mol. The van der Waals surface area contributed by atoms with Crippen LogP contribution in [0.1, 0.15) is 56.6 Å². The first-order valence-electron chi connectivity index (χ1n) is 10.4. The third-order valence-electron chi connectivity index (χ3n) is 4.98. The van der Waals surface area contributed by atoms with Crippen LogP contribution in [-0.4, -0.2) is 27.7 Å². The molecule has 3 aromatic rings. The van der Waals surface area contributed by atoms with E-state index in [-0.39, 0.29) is 5.82 Å². The molecule has 156 valence electrons. The van der Waals surface area contributed by atoms with Crippen molar-refractivity contribution < 1.29 is 4.39 Å². The van der Waals surface area contributed by atoms with Crippen LogP contribution >= 0.6 is 0 Å². The van der Waals surface area contributed by atoms with Crippen LogP contribution < -0.4 is 16.4 Å². The zero-order valence-electron chi connectivity index (χ0n) is 17.3. The Labute approximate surface area is 171 Å². The lowest BCUT2D eigenvalue weighted by Gasteiger charge is -2.13. The Hall–Kier alpha value is -2.67. The third kappa shape index (κ3) is 5.44. The lowest BCUT2D eigenvalue weighted by molar-refractivity contribution is 0.612. The van der Waals surface area contributed by atoms with Gasteiger partial charge >= 0.3 is 0 Å². The highest BCUT2D eigenvalue weighted by atomic mass is 19.1. The smallest absolute Gasteiger partial charge is 0.163 e. The Morgan fingerprint density at radius 2 is 1.90 bits per heavy atom. The highest BCUT2D eigenvalue weighted by Gasteiger charge is 2.14. The zero-order chi connectivity index (χ0) is 20.6. The molecule has 0 spiro atoms. The summed E-state index contributed by atoms with van der Waals surface area (Å²) < 4.78 is 15.8. The Balaban J connectivity index is 1.78. The van der Waals surface area contributed by atoms with Crippen LogP contribution in [0.2, 0.25) is 0 Å². The minimum Gasteiger partial charge on any atom is -0.370 e. The topological polar surface area (TPSA) is 80.3 Å². The molecule has 2 heterocycles. The second-order valence-electron chi connectivity index (χ2n) is 7.59. The van der Waals surface area contributed by atoms with Crippen molar-refractivity contribution >= 4 is 17.3 Å². The van der Waals surface area contributed by atoms with Crippen LogP contribution in [0.25, 0.3) is 5.65 Å². The zero-order valence-corrected chi connectivity index (χ0v) is 17.3. The minimum atomic E-state index is -0.218. The lowest BCUT2D eigenvalue weighted by Crippen LogP contribution is -2.10. The average Bonchev–Trinajstić information content (AvgIpc) is 3.14. The second-order valence-corrected chi connectivity index (χ2v) is 7.59. The summed E-state index contributed by atoms with van der Waals surface area (Å²) in [6.07, 6.45) is 6.30. The van der Waals surface area contributed by atoms with Gasteiger partial charge in [-0.3, -0.25) is 0 Å².